The molecule has 3 aromatic rings. The maximum absolute atomic E-state index is 12.5. The lowest BCUT2D eigenvalue weighted by Crippen LogP contribution is -2.23. The zero-order chi connectivity index (χ0) is 21.0. The number of carbonyl (C=O) groups is 1. The van der Waals surface area contributed by atoms with E-state index in [1.807, 2.05) is 12.1 Å². The highest BCUT2D eigenvalue weighted by atomic mass is 35.5. The Morgan fingerprint density at radius 2 is 1.48 bits per heavy atom. The highest BCUT2D eigenvalue weighted by molar-refractivity contribution is 7.92. The number of benzene rings is 3. The van der Waals surface area contributed by atoms with E-state index in [1.54, 1.807) is 37.3 Å². The van der Waals surface area contributed by atoms with Crippen LogP contribution < -0.4 is 10.0 Å². The summed E-state index contributed by atoms with van der Waals surface area (Å²) in [5.74, 6) is -0.254. The fraction of sp³-hybridized carbons (Fsp3) is 0.0952. The first kappa shape index (κ1) is 21.2. The molecule has 0 atom stereocenters. The molecule has 0 radical (unpaired) electrons. The third-order valence-electron chi connectivity index (χ3n) is 4.22. The van der Waals surface area contributed by atoms with Crippen molar-refractivity contribution in [1.29, 1.82) is 0 Å². The Balaban J connectivity index is 1.70. The largest absolute Gasteiger partial charge is 0.348 e. The van der Waals surface area contributed by atoms with Gasteiger partial charge in [0.15, 0.2) is 0 Å². The van der Waals surface area contributed by atoms with Crippen molar-refractivity contribution in [2.45, 2.75) is 18.4 Å². The second-order valence-electron chi connectivity index (χ2n) is 6.40. The lowest BCUT2D eigenvalue weighted by Gasteiger charge is -2.12. The van der Waals surface area contributed by atoms with Gasteiger partial charge in [-0.15, -0.1) is 0 Å². The molecule has 0 heterocycles. The molecule has 29 heavy (non-hydrogen) atoms. The van der Waals surface area contributed by atoms with Gasteiger partial charge >= 0.3 is 0 Å². The van der Waals surface area contributed by atoms with Gasteiger partial charge < -0.3 is 5.32 Å². The Bertz CT molecular complexity index is 1130. The van der Waals surface area contributed by atoms with Gasteiger partial charge in [-0.1, -0.05) is 35.3 Å². The molecule has 3 rings (SSSR count). The van der Waals surface area contributed by atoms with Crippen LogP contribution in [0.3, 0.4) is 0 Å². The van der Waals surface area contributed by atoms with Crippen LogP contribution in [-0.2, 0) is 16.6 Å². The van der Waals surface area contributed by atoms with E-state index in [0.29, 0.717) is 33.4 Å². The summed E-state index contributed by atoms with van der Waals surface area (Å²) in [6, 6.07) is 17.8. The number of rotatable bonds is 6. The first-order valence-corrected chi connectivity index (χ1v) is 10.9. The zero-order valence-electron chi connectivity index (χ0n) is 15.4. The summed E-state index contributed by atoms with van der Waals surface area (Å²) in [5, 5.41) is 3.91. The van der Waals surface area contributed by atoms with Crippen LogP contribution >= 0.6 is 23.2 Å². The minimum atomic E-state index is -3.76. The topological polar surface area (TPSA) is 75.3 Å². The highest BCUT2D eigenvalue weighted by Gasteiger charge is 2.16. The maximum Gasteiger partial charge on any atom is 0.261 e. The molecule has 0 saturated heterocycles. The molecule has 0 unspecified atom stereocenters. The summed E-state index contributed by atoms with van der Waals surface area (Å²) in [7, 11) is -3.76. The lowest BCUT2D eigenvalue weighted by atomic mass is 10.1. The third-order valence-corrected chi connectivity index (χ3v) is 6.11. The summed E-state index contributed by atoms with van der Waals surface area (Å²) in [6.45, 7) is 2.09. The van der Waals surface area contributed by atoms with Gasteiger partial charge in [-0.05, 0) is 72.6 Å². The van der Waals surface area contributed by atoms with Crippen LogP contribution in [0.15, 0.2) is 71.6 Å². The average molecular weight is 449 g/mol. The predicted octanol–water partition coefficient (Wildman–Crippen LogP) is 5.03. The van der Waals surface area contributed by atoms with Gasteiger partial charge in [0.1, 0.15) is 0 Å². The molecule has 5 nitrogen and oxygen atoms in total. The summed E-state index contributed by atoms with van der Waals surface area (Å²) < 4.78 is 27.6. The Hall–Kier alpha value is -2.54. The van der Waals surface area contributed by atoms with Crippen LogP contribution in [0.2, 0.25) is 10.0 Å². The Labute approximate surface area is 179 Å². The summed E-state index contributed by atoms with van der Waals surface area (Å²) in [5.41, 5.74) is 2.38. The van der Waals surface area contributed by atoms with Crippen molar-refractivity contribution in [2.75, 3.05) is 4.72 Å². The normalized spacial score (nSPS) is 11.1. The molecule has 8 heteroatoms. The van der Waals surface area contributed by atoms with E-state index in [1.165, 1.54) is 24.3 Å². The van der Waals surface area contributed by atoms with Crippen molar-refractivity contribution in [2.24, 2.45) is 0 Å². The third kappa shape index (κ3) is 5.50. The van der Waals surface area contributed by atoms with E-state index < -0.39 is 10.0 Å². The predicted molar refractivity (Wildman–Crippen MR) is 116 cm³/mol. The molecule has 0 aromatic heterocycles. The number of aryl methyl sites for hydroxylation is 1. The van der Waals surface area contributed by atoms with Crippen molar-refractivity contribution in [3.63, 3.8) is 0 Å². The molecule has 0 spiro atoms. The van der Waals surface area contributed by atoms with Crippen molar-refractivity contribution in [3.8, 4) is 0 Å². The van der Waals surface area contributed by atoms with Gasteiger partial charge in [0, 0.05) is 22.2 Å². The molecule has 1 amide bonds. The first-order valence-electron chi connectivity index (χ1n) is 8.66. The summed E-state index contributed by atoms with van der Waals surface area (Å²) in [4.78, 5) is 12.5. The number of amides is 1. The second kappa shape index (κ2) is 8.86. The standard InChI is InChI=1S/C21H18Cl2N2O3S/c1-14-12-16(21(26)24-13-15-2-5-17(22)6-3-15)4-11-20(14)25-29(27,28)19-9-7-18(23)8-10-19/h2-12,25H,13H2,1H3,(H,24,26). The Morgan fingerprint density at radius 3 is 2.07 bits per heavy atom. The van der Waals surface area contributed by atoms with Crippen LogP contribution in [0.25, 0.3) is 0 Å². The Morgan fingerprint density at radius 1 is 0.897 bits per heavy atom. The van der Waals surface area contributed by atoms with E-state index >= 15 is 0 Å². The molecular formula is C21H18Cl2N2O3S. The minimum absolute atomic E-state index is 0.103. The van der Waals surface area contributed by atoms with Crippen LogP contribution in [0.5, 0.6) is 0 Å². The average Bonchev–Trinajstić information content (AvgIpc) is 2.69. The molecular weight excluding hydrogens is 431 g/mol. The van der Waals surface area contributed by atoms with Crippen LogP contribution in [0, 0.1) is 6.92 Å². The number of anilines is 1. The maximum atomic E-state index is 12.5. The van der Waals surface area contributed by atoms with E-state index in [4.69, 9.17) is 23.2 Å². The SMILES string of the molecule is Cc1cc(C(=O)NCc2ccc(Cl)cc2)ccc1NS(=O)(=O)c1ccc(Cl)cc1. The number of hydrogen-bond acceptors (Lipinski definition) is 3. The van der Waals surface area contributed by atoms with Gasteiger partial charge in [0.05, 0.1) is 10.6 Å². The summed E-state index contributed by atoms with van der Waals surface area (Å²) >= 11 is 11.7. The smallest absolute Gasteiger partial charge is 0.261 e. The number of sulfonamides is 1. The fourth-order valence-corrected chi connectivity index (χ4v) is 4.01. The molecule has 0 saturated carbocycles. The van der Waals surface area contributed by atoms with Crippen molar-refractivity contribution >= 4 is 44.8 Å². The molecule has 150 valence electrons. The van der Waals surface area contributed by atoms with Crippen molar-refractivity contribution in [3.05, 3.63) is 93.5 Å². The highest BCUT2D eigenvalue weighted by Crippen LogP contribution is 2.22. The fourth-order valence-electron chi connectivity index (χ4n) is 2.62. The molecule has 0 fully saturated rings. The molecule has 2 N–H and O–H groups in total. The number of carbonyl (C=O) groups excluding carboxylic acids is 1. The molecule has 0 aliphatic rings. The Kier molecular flexibility index (Phi) is 6.47. The van der Waals surface area contributed by atoms with Crippen LogP contribution in [-0.4, -0.2) is 14.3 Å². The van der Waals surface area contributed by atoms with E-state index in [-0.39, 0.29) is 10.8 Å². The van der Waals surface area contributed by atoms with Crippen LogP contribution in [0.1, 0.15) is 21.5 Å². The van der Waals surface area contributed by atoms with E-state index in [9.17, 15) is 13.2 Å². The zero-order valence-corrected chi connectivity index (χ0v) is 17.8. The van der Waals surface area contributed by atoms with Crippen molar-refractivity contribution in [1.82, 2.24) is 5.32 Å². The quantitative estimate of drug-likeness (QED) is 0.554. The van der Waals surface area contributed by atoms with E-state index in [2.05, 4.69) is 10.0 Å². The minimum Gasteiger partial charge on any atom is -0.348 e. The molecule has 3 aromatic carbocycles. The first-order chi connectivity index (χ1) is 13.7. The van der Waals surface area contributed by atoms with Gasteiger partial charge in [-0.25, -0.2) is 8.42 Å². The summed E-state index contributed by atoms with van der Waals surface area (Å²) in [6.07, 6.45) is 0. The van der Waals surface area contributed by atoms with Gasteiger partial charge in [-0.3, -0.25) is 9.52 Å². The van der Waals surface area contributed by atoms with Gasteiger partial charge in [-0.2, -0.15) is 0 Å². The number of halogens is 2. The van der Waals surface area contributed by atoms with E-state index in [0.717, 1.165) is 5.56 Å². The van der Waals surface area contributed by atoms with Crippen LogP contribution in [0.4, 0.5) is 5.69 Å². The lowest BCUT2D eigenvalue weighted by molar-refractivity contribution is 0.0951. The number of hydrogen-bond donors (Lipinski definition) is 2. The number of nitrogens with one attached hydrogen (secondary N) is 2. The molecule has 0 aliphatic heterocycles. The molecule has 0 bridgehead atoms. The second-order valence-corrected chi connectivity index (χ2v) is 8.95. The molecule has 0 aliphatic carbocycles. The van der Waals surface area contributed by atoms with Gasteiger partial charge in [0.2, 0.25) is 0 Å². The van der Waals surface area contributed by atoms with Gasteiger partial charge in [0.25, 0.3) is 15.9 Å². The monoisotopic (exact) mass is 448 g/mol. The van der Waals surface area contributed by atoms with Crippen molar-refractivity contribution < 1.29 is 13.2 Å².